The minimum Gasteiger partial charge on any atom is -0.504 e. The predicted molar refractivity (Wildman–Crippen MR) is 101 cm³/mol. The van der Waals surface area contributed by atoms with Gasteiger partial charge in [-0.3, -0.25) is 9.36 Å². The van der Waals surface area contributed by atoms with E-state index in [1.807, 2.05) is 41.0 Å². The topological polar surface area (TPSA) is 76.4 Å². The van der Waals surface area contributed by atoms with E-state index >= 15 is 0 Å². The number of nitrogens with zero attached hydrogens (tertiary/aromatic N) is 2. The molecule has 2 heterocycles. The molecule has 3 aromatic rings. The molecule has 0 saturated heterocycles. The quantitative estimate of drug-likeness (QED) is 0.742. The van der Waals surface area contributed by atoms with Crippen molar-refractivity contribution in [2.45, 2.75) is 5.25 Å². The van der Waals surface area contributed by atoms with Crippen molar-refractivity contribution in [1.82, 2.24) is 9.55 Å². The van der Waals surface area contributed by atoms with Crippen molar-refractivity contribution < 1.29 is 14.6 Å². The van der Waals surface area contributed by atoms with Crippen LogP contribution in [0.5, 0.6) is 11.5 Å². The van der Waals surface area contributed by atoms with Gasteiger partial charge in [0.05, 0.1) is 23.8 Å². The van der Waals surface area contributed by atoms with Gasteiger partial charge in [0.1, 0.15) is 6.33 Å². The summed E-state index contributed by atoms with van der Waals surface area (Å²) in [5, 5.41) is 12.6. The van der Waals surface area contributed by atoms with Crippen LogP contribution in [0.3, 0.4) is 0 Å². The average molecular weight is 367 g/mol. The Morgan fingerprint density at radius 1 is 1.27 bits per heavy atom. The van der Waals surface area contributed by atoms with Crippen LogP contribution in [0, 0.1) is 0 Å². The maximum Gasteiger partial charge on any atom is 0.235 e. The highest BCUT2D eigenvalue weighted by atomic mass is 32.2. The summed E-state index contributed by atoms with van der Waals surface area (Å²) in [6.07, 6.45) is 1.72. The first kappa shape index (κ1) is 16.5. The zero-order chi connectivity index (χ0) is 18.1. The molecule has 1 aromatic heterocycles. The smallest absolute Gasteiger partial charge is 0.235 e. The molecule has 0 saturated carbocycles. The van der Waals surface area contributed by atoms with E-state index in [9.17, 15) is 9.90 Å². The zero-order valence-corrected chi connectivity index (χ0v) is 14.9. The second-order valence-corrected chi connectivity index (χ2v) is 6.95. The molecule has 2 aromatic carbocycles. The summed E-state index contributed by atoms with van der Waals surface area (Å²) in [6, 6.07) is 15.1. The van der Waals surface area contributed by atoms with Crippen molar-refractivity contribution in [2.75, 3.05) is 18.2 Å². The first-order chi connectivity index (χ1) is 12.7. The maximum atomic E-state index is 12.1. The number of amides is 1. The van der Waals surface area contributed by atoms with Crippen LogP contribution in [0.15, 0.2) is 54.9 Å². The van der Waals surface area contributed by atoms with Gasteiger partial charge in [0.15, 0.2) is 17.3 Å². The number of imidazole rings is 1. The third-order valence-electron chi connectivity index (χ3n) is 4.23. The summed E-state index contributed by atoms with van der Waals surface area (Å²) in [6.45, 7) is 0. The first-order valence-corrected chi connectivity index (χ1v) is 9.13. The highest BCUT2D eigenvalue weighted by Gasteiger charge is 2.29. The fourth-order valence-electron chi connectivity index (χ4n) is 3.02. The molecule has 0 fully saturated rings. The van der Waals surface area contributed by atoms with Gasteiger partial charge in [0, 0.05) is 5.69 Å². The predicted octanol–water partition coefficient (Wildman–Crippen LogP) is 3.36. The number of aromatic nitrogens is 2. The number of carbonyl (C=O) groups is 1. The molecule has 2 N–H and O–H groups in total. The minimum absolute atomic E-state index is 0.0807. The number of carbonyl (C=O) groups excluding carboxylic acids is 1. The minimum atomic E-state index is -0.138. The number of para-hydroxylation sites is 1. The Balaban J connectivity index is 1.87. The molecule has 0 aliphatic carbocycles. The van der Waals surface area contributed by atoms with E-state index in [0.29, 0.717) is 17.3 Å². The van der Waals surface area contributed by atoms with Crippen LogP contribution in [0.2, 0.25) is 0 Å². The molecular weight excluding hydrogens is 350 g/mol. The van der Waals surface area contributed by atoms with Gasteiger partial charge in [-0.1, -0.05) is 24.3 Å². The molecule has 1 aliphatic rings. The van der Waals surface area contributed by atoms with Crippen LogP contribution in [0.1, 0.15) is 16.5 Å². The molecule has 0 spiro atoms. The fraction of sp³-hybridized carbons (Fsp3) is 0.158. The van der Waals surface area contributed by atoms with Crippen LogP contribution in [0.25, 0.3) is 5.69 Å². The molecule has 6 nitrogen and oxygen atoms in total. The second kappa shape index (κ2) is 6.76. The molecule has 1 amide bonds. The molecule has 1 atom stereocenters. The number of hydrogen-bond acceptors (Lipinski definition) is 5. The van der Waals surface area contributed by atoms with Gasteiger partial charge in [-0.15, -0.1) is 11.8 Å². The van der Waals surface area contributed by atoms with Gasteiger partial charge in [0.2, 0.25) is 5.91 Å². The van der Waals surface area contributed by atoms with Crippen LogP contribution in [-0.2, 0) is 4.79 Å². The van der Waals surface area contributed by atoms with E-state index in [4.69, 9.17) is 4.74 Å². The van der Waals surface area contributed by atoms with E-state index in [-0.39, 0.29) is 16.9 Å². The number of phenolic OH excluding ortho intramolecular Hbond substituents is 1. The summed E-state index contributed by atoms with van der Waals surface area (Å²) >= 11 is 1.52. The Kier molecular flexibility index (Phi) is 4.30. The van der Waals surface area contributed by atoms with Crippen molar-refractivity contribution in [1.29, 1.82) is 0 Å². The van der Waals surface area contributed by atoms with Crippen LogP contribution >= 0.6 is 11.8 Å². The summed E-state index contributed by atoms with van der Waals surface area (Å²) in [5.41, 5.74) is 2.79. The monoisotopic (exact) mass is 367 g/mol. The lowest BCUT2D eigenvalue weighted by Gasteiger charge is -2.19. The number of aromatic hydroxyl groups is 1. The van der Waals surface area contributed by atoms with E-state index in [1.54, 1.807) is 18.5 Å². The van der Waals surface area contributed by atoms with Gasteiger partial charge in [-0.05, 0) is 29.8 Å². The summed E-state index contributed by atoms with van der Waals surface area (Å²) in [7, 11) is 1.52. The lowest BCUT2D eigenvalue weighted by Crippen LogP contribution is -2.12. The number of methoxy groups -OCH3 is 1. The largest absolute Gasteiger partial charge is 0.504 e. The molecular formula is C19H17N3O3S. The Morgan fingerprint density at radius 2 is 2.08 bits per heavy atom. The third kappa shape index (κ3) is 2.90. The molecule has 7 heteroatoms. The number of fused-ring (bicyclic) bond motifs is 1. The van der Waals surface area contributed by atoms with Crippen molar-refractivity contribution in [3.63, 3.8) is 0 Å². The van der Waals surface area contributed by atoms with Crippen molar-refractivity contribution in [2.24, 2.45) is 0 Å². The van der Waals surface area contributed by atoms with E-state index < -0.39 is 0 Å². The number of phenols is 1. The normalized spacial score (nSPS) is 16.5. The van der Waals surface area contributed by atoms with Gasteiger partial charge in [0.25, 0.3) is 0 Å². The van der Waals surface area contributed by atoms with Crippen LogP contribution < -0.4 is 10.1 Å². The molecule has 0 bridgehead atoms. The number of nitrogens with one attached hydrogen (secondary N) is 1. The number of hydrogen-bond donors (Lipinski definition) is 2. The van der Waals surface area contributed by atoms with Crippen LogP contribution in [0.4, 0.5) is 5.82 Å². The van der Waals surface area contributed by atoms with E-state index in [2.05, 4.69) is 10.3 Å². The molecule has 26 heavy (non-hydrogen) atoms. The Morgan fingerprint density at radius 3 is 2.85 bits per heavy atom. The lowest BCUT2D eigenvalue weighted by atomic mass is 10.1. The standard InChI is InChI=1S/C19H17N3O3S/c1-25-15-9-12(7-8-14(15)23)18-17-19(21-16(24)10-26-18)20-11-22(17)13-5-3-2-4-6-13/h2-9,11,18,23H,10H2,1H3,(H,21,24)/t18-/m0/s1. The Labute approximate surface area is 154 Å². The summed E-state index contributed by atoms with van der Waals surface area (Å²) in [5.74, 6) is 1.28. The summed E-state index contributed by atoms with van der Waals surface area (Å²) in [4.78, 5) is 16.5. The van der Waals surface area contributed by atoms with Gasteiger partial charge in [-0.25, -0.2) is 4.98 Å². The Bertz CT molecular complexity index is 956. The first-order valence-electron chi connectivity index (χ1n) is 8.08. The highest BCUT2D eigenvalue weighted by Crippen LogP contribution is 2.43. The van der Waals surface area contributed by atoms with Gasteiger partial charge < -0.3 is 15.2 Å². The van der Waals surface area contributed by atoms with Crippen molar-refractivity contribution >= 4 is 23.5 Å². The van der Waals surface area contributed by atoms with E-state index in [1.165, 1.54) is 18.9 Å². The number of ether oxygens (including phenoxy) is 1. The molecule has 1 aliphatic heterocycles. The molecule has 4 rings (SSSR count). The van der Waals surface area contributed by atoms with Crippen molar-refractivity contribution in [3.05, 3.63) is 66.1 Å². The molecule has 132 valence electrons. The van der Waals surface area contributed by atoms with Gasteiger partial charge >= 0.3 is 0 Å². The zero-order valence-electron chi connectivity index (χ0n) is 14.0. The highest BCUT2D eigenvalue weighted by molar-refractivity contribution is 8.00. The number of anilines is 1. The SMILES string of the molecule is COc1cc([C@@H]2SCC(=O)Nc3ncn(-c4ccccc4)c32)ccc1O. The molecule has 0 unspecified atom stereocenters. The second-order valence-electron chi connectivity index (χ2n) is 5.85. The Hall–Kier alpha value is -2.93. The molecule has 0 radical (unpaired) electrons. The number of rotatable bonds is 3. The van der Waals surface area contributed by atoms with E-state index in [0.717, 1.165) is 16.9 Å². The van der Waals surface area contributed by atoms with Gasteiger partial charge in [-0.2, -0.15) is 0 Å². The number of benzene rings is 2. The van der Waals surface area contributed by atoms with Crippen LogP contribution in [-0.4, -0.2) is 33.4 Å². The fourth-order valence-corrected chi connectivity index (χ4v) is 4.13. The summed E-state index contributed by atoms with van der Waals surface area (Å²) < 4.78 is 7.23. The average Bonchev–Trinajstić information content (AvgIpc) is 2.99. The maximum absolute atomic E-state index is 12.1. The third-order valence-corrected chi connectivity index (χ3v) is 5.49. The number of thioether (sulfide) groups is 1. The van der Waals surface area contributed by atoms with Crippen molar-refractivity contribution in [3.8, 4) is 17.2 Å². The lowest BCUT2D eigenvalue weighted by molar-refractivity contribution is -0.113.